The van der Waals surface area contributed by atoms with Gasteiger partial charge in [0.15, 0.2) is 9.79 Å². The van der Waals surface area contributed by atoms with Gasteiger partial charge in [-0.05, 0) is 46.2 Å². The Morgan fingerprint density at radius 3 is 1.05 bits per heavy atom. The molecule has 0 unspecified atom stereocenters. The summed E-state index contributed by atoms with van der Waals surface area (Å²) in [6, 6.07) is 18.0. The van der Waals surface area contributed by atoms with Crippen LogP contribution in [0.3, 0.4) is 0 Å². The lowest BCUT2D eigenvalue weighted by molar-refractivity contribution is 0.589. The fraction of sp³-hybridized carbons (Fsp3) is 0.400. The smallest absolute Gasteiger partial charge is 0.0561 e. The van der Waals surface area contributed by atoms with Crippen molar-refractivity contribution in [2.75, 3.05) is 0 Å². The van der Waals surface area contributed by atoms with E-state index in [0.717, 1.165) is 0 Å². The summed E-state index contributed by atoms with van der Waals surface area (Å²) in [5.74, 6) is 0. The molecule has 0 N–H and O–H groups in total. The predicted molar refractivity (Wildman–Crippen MR) is 95.6 cm³/mol. The standard InChI is InChI=1S/C20H26S/c1-19(2,3)15-7-11-17(12-8-15)21-18-13-9-16(10-14-18)20(4,5)6/h7-14H,1-6H3/p+1. The SMILES string of the molecule is CC(C)(C)c1ccc([SH+]c2ccc(C(C)(C)C)cc2)cc1. The number of benzene rings is 2. The van der Waals surface area contributed by atoms with E-state index in [1.807, 2.05) is 0 Å². The van der Waals surface area contributed by atoms with Crippen molar-refractivity contribution in [2.45, 2.75) is 62.2 Å². The molecule has 2 rings (SSSR count). The second-order valence-electron chi connectivity index (χ2n) is 7.71. The fourth-order valence-corrected chi connectivity index (χ4v) is 3.12. The molecule has 2 aromatic carbocycles. The Morgan fingerprint density at radius 1 is 0.524 bits per heavy atom. The van der Waals surface area contributed by atoms with E-state index in [9.17, 15) is 0 Å². The zero-order valence-electron chi connectivity index (χ0n) is 14.1. The first-order chi connectivity index (χ1) is 9.66. The van der Waals surface area contributed by atoms with E-state index in [2.05, 4.69) is 90.1 Å². The second-order valence-corrected chi connectivity index (χ2v) is 8.96. The zero-order chi connectivity index (χ0) is 15.7. The van der Waals surface area contributed by atoms with E-state index in [1.54, 1.807) is 0 Å². The van der Waals surface area contributed by atoms with Gasteiger partial charge in [-0.2, -0.15) is 0 Å². The number of hydrogen-bond acceptors (Lipinski definition) is 0. The minimum atomic E-state index is 0.226. The first-order valence-electron chi connectivity index (χ1n) is 7.59. The van der Waals surface area contributed by atoms with Gasteiger partial charge < -0.3 is 0 Å². The minimum absolute atomic E-state index is 0.226. The highest BCUT2D eigenvalue weighted by atomic mass is 32.2. The third-order valence-corrected chi connectivity index (χ3v) is 4.84. The molecule has 0 aromatic heterocycles. The van der Waals surface area contributed by atoms with Crippen LogP contribution in [-0.2, 0) is 22.6 Å². The molecule has 0 atom stereocenters. The summed E-state index contributed by atoms with van der Waals surface area (Å²) >= 11 is 1.28. The number of rotatable bonds is 2. The zero-order valence-corrected chi connectivity index (χ0v) is 15.0. The van der Waals surface area contributed by atoms with Gasteiger partial charge in [0.2, 0.25) is 0 Å². The molecule has 1 heteroatoms. The number of hydrogen-bond donors (Lipinski definition) is 0. The van der Waals surface area contributed by atoms with E-state index in [-0.39, 0.29) is 10.8 Å². The van der Waals surface area contributed by atoms with Gasteiger partial charge >= 0.3 is 0 Å². The molecule has 0 nitrogen and oxygen atoms in total. The van der Waals surface area contributed by atoms with Crippen molar-refractivity contribution in [1.29, 1.82) is 0 Å². The number of thiol groups is 1. The molecule has 0 aliphatic heterocycles. The summed E-state index contributed by atoms with van der Waals surface area (Å²) in [6.07, 6.45) is 0. The second kappa shape index (κ2) is 5.88. The van der Waals surface area contributed by atoms with Crippen LogP contribution in [0.1, 0.15) is 52.7 Å². The van der Waals surface area contributed by atoms with E-state index in [1.165, 1.54) is 32.7 Å². The third-order valence-electron chi connectivity index (χ3n) is 3.72. The molecule has 0 heterocycles. The monoisotopic (exact) mass is 299 g/mol. The largest absolute Gasteiger partial charge is 0.158 e. The molecule has 0 radical (unpaired) electrons. The van der Waals surface area contributed by atoms with Crippen molar-refractivity contribution in [3.63, 3.8) is 0 Å². The Morgan fingerprint density at radius 2 is 0.810 bits per heavy atom. The predicted octanol–water partition coefficient (Wildman–Crippen LogP) is 5.51. The van der Waals surface area contributed by atoms with Gasteiger partial charge in [0.25, 0.3) is 0 Å². The van der Waals surface area contributed by atoms with Crippen LogP contribution in [0.2, 0.25) is 0 Å². The van der Waals surface area contributed by atoms with Crippen molar-refractivity contribution in [2.24, 2.45) is 0 Å². The minimum Gasteiger partial charge on any atom is -0.0561 e. The topological polar surface area (TPSA) is 0 Å². The van der Waals surface area contributed by atoms with Crippen LogP contribution in [0.4, 0.5) is 0 Å². The molecule has 0 bridgehead atoms. The van der Waals surface area contributed by atoms with Crippen molar-refractivity contribution in [1.82, 2.24) is 0 Å². The third kappa shape index (κ3) is 4.38. The van der Waals surface area contributed by atoms with Crippen LogP contribution in [0.15, 0.2) is 58.3 Å². The maximum Gasteiger partial charge on any atom is 0.158 e. The first kappa shape index (κ1) is 16.2. The van der Waals surface area contributed by atoms with Crippen LogP contribution in [0.25, 0.3) is 0 Å². The van der Waals surface area contributed by atoms with Gasteiger partial charge in [0.05, 0.1) is 0 Å². The van der Waals surface area contributed by atoms with Gasteiger partial charge in [0, 0.05) is 11.8 Å². The summed E-state index contributed by atoms with van der Waals surface area (Å²) in [4.78, 5) is 2.71. The average molecular weight is 300 g/mol. The van der Waals surface area contributed by atoms with E-state index < -0.39 is 0 Å². The Kier molecular flexibility index (Phi) is 4.53. The van der Waals surface area contributed by atoms with Gasteiger partial charge in [-0.1, -0.05) is 65.8 Å². The summed E-state index contributed by atoms with van der Waals surface area (Å²) in [5.41, 5.74) is 3.24. The van der Waals surface area contributed by atoms with Crippen LogP contribution in [-0.4, -0.2) is 0 Å². The van der Waals surface area contributed by atoms with Crippen molar-refractivity contribution in [3.8, 4) is 0 Å². The molecule has 0 spiro atoms. The Balaban J connectivity index is 2.12. The Hall–Kier alpha value is -1.21. The molecule has 112 valence electrons. The Bertz CT molecular complexity index is 522. The summed E-state index contributed by atoms with van der Waals surface area (Å²) in [6.45, 7) is 13.5. The lowest BCUT2D eigenvalue weighted by atomic mass is 9.87. The lowest BCUT2D eigenvalue weighted by Crippen LogP contribution is -2.11. The van der Waals surface area contributed by atoms with Crippen molar-refractivity contribution >= 4 is 11.8 Å². The van der Waals surface area contributed by atoms with Gasteiger partial charge in [-0.25, -0.2) is 0 Å². The highest BCUT2D eigenvalue weighted by molar-refractivity contribution is 7.78. The molecule has 0 aliphatic carbocycles. The average Bonchev–Trinajstić information content (AvgIpc) is 2.38. The summed E-state index contributed by atoms with van der Waals surface area (Å²) < 4.78 is 0. The van der Waals surface area contributed by atoms with E-state index in [4.69, 9.17) is 0 Å². The van der Waals surface area contributed by atoms with Crippen LogP contribution in [0, 0.1) is 0 Å². The van der Waals surface area contributed by atoms with Gasteiger partial charge in [-0.3, -0.25) is 0 Å². The molecule has 0 amide bonds. The van der Waals surface area contributed by atoms with Gasteiger partial charge in [-0.15, -0.1) is 0 Å². The van der Waals surface area contributed by atoms with E-state index >= 15 is 0 Å². The molecular formula is C20H27S+. The first-order valence-corrected chi connectivity index (χ1v) is 8.48. The Labute approximate surface area is 134 Å². The highest BCUT2D eigenvalue weighted by Gasteiger charge is 2.16. The molecule has 0 saturated heterocycles. The molecule has 21 heavy (non-hydrogen) atoms. The van der Waals surface area contributed by atoms with Crippen LogP contribution in [0.5, 0.6) is 0 Å². The maximum atomic E-state index is 2.26. The summed E-state index contributed by atoms with van der Waals surface area (Å²) in [7, 11) is 0. The lowest BCUT2D eigenvalue weighted by Gasteiger charge is -2.18. The highest BCUT2D eigenvalue weighted by Crippen LogP contribution is 2.25. The van der Waals surface area contributed by atoms with Crippen molar-refractivity contribution in [3.05, 3.63) is 59.7 Å². The van der Waals surface area contributed by atoms with Crippen LogP contribution < -0.4 is 0 Å². The quantitative estimate of drug-likeness (QED) is 0.506. The molecule has 0 aliphatic rings. The van der Waals surface area contributed by atoms with E-state index in [0.29, 0.717) is 0 Å². The van der Waals surface area contributed by atoms with Crippen molar-refractivity contribution < 1.29 is 0 Å². The maximum absolute atomic E-state index is 2.26. The van der Waals surface area contributed by atoms with Crippen LogP contribution >= 0.6 is 0 Å². The normalized spacial score (nSPS) is 12.5. The molecule has 0 saturated carbocycles. The fourth-order valence-electron chi connectivity index (χ4n) is 2.22. The summed E-state index contributed by atoms with van der Waals surface area (Å²) in [5, 5.41) is 0. The molecule has 2 aromatic rings. The molecular weight excluding hydrogens is 272 g/mol. The van der Waals surface area contributed by atoms with Gasteiger partial charge in [0.1, 0.15) is 0 Å². The molecule has 0 fully saturated rings.